The third kappa shape index (κ3) is 4.79. The molecule has 0 radical (unpaired) electrons. The van der Waals surface area contributed by atoms with Gasteiger partial charge in [-0.05, 0) is 12.8 Å². The van der Waals surface area contributed by atoms with Crippen LogP contribution in [0.1, 0.15) is 23.3 Å². The Hall–Kier alpha value is -2.73. The summed E-state index contributed by atoms with van der Waals surface area (Å²) in [4.78, 5) is 62.3. The average molecular weight is 449 g/mol. The van der Waals surface area contributed by atoms with E-state index in [9.17, 15) is 19.2 Å². The number of rotatable bonds is 4. The molecule has 0 aromatic carbocycles. The van der Waals surface area contributed by atoms with Crippen molar-refractivity contribution in [3.05, 3.63) is 24.3 Å². The minimum absolute atomic E-state index is 0.0428. The van der Waals surface area contributed by atoms with Gasteiger partial charge in [0.2, 0.25) is 11.8 Å². The Morgan fingerprint density at radius 2 is 2.13 bits per heavy atom. The zero-order chi connectivity index (χ0) is 21.8. The molecular formula is C19H26N7O4S+. The van der Waals surface area contributed by atoms with Gasteiger partial charge < -0.3 is 25.8 Å². The summed E-state index contributed by atoms with van der Waals surface area (Å²) >= 11 is 1.68. The van der Waals surface area contributed by atoms with E-state index in [-0.39, 0.29) is 42.5 Å². The number of thioether (sulfide) groups is 1. The fourth-order valence-electron chi connectivity index (χ4n) is 4.04. The molecule has 1 aromatic rings. The molecule has 31 heavy (non-hydrogen) atoms. The van der Waals surface area contributed by atoms with E-state index in [1.807, 2.05) is 5.32 Å². The first kappa shape index (κ1) is 21.5. The van der Waals surface area contributed by atoms with Crippen molar-refractivity contribution in [3.8, 4) is 0 Å². The van der Waals surface area contributed by atoms with Crippen LogP contribution in [-0.2, 0) is 14.4 Å². The third-order valence-electron chi connectivity index (χ3n) is 5.75. The highest BCUT2D eigenvalue weighted by molar-refractivity contribution is 7.99. The Kier molecular flexibility index (Phi) is 6.66. The van der Waals surface area contributed by atoms with Crippen LogP contribution in [0.4, 0.5) is 0 Å². The predicted octanol–water partition coefficient (Wildman–Crippen LogP) is -2.84. The van der Waals surface area contributed by atoms with Gasteiger partial charge in [-0.1, -0.05) is 11.8 Å². The number of carbonyl (C=O) groups excluding carboxylic acids is 4. The van der Waals surface area contributed by atoms with Gasteiger partial charge >= 0.3 is 0 Å². The third-order valence-corrected chi connectivity index (χ3v) is 6.77. The molecule has 0 bridgehead atoms. The molecule has 4 heterocycles. The van der Waals surface area contributed by atoms with Gasteiger partial charge in [-0.25, -0.2) is 4.98 Å². The number of aromatic nitrogens is 2. The van der Waals surface area contributed by atoms with Crippen molar-refractivity contribution in [2.45, 2.75) is 31.0 Å². The second kappa shape index (κ2) is 9.60. The molecule has 12 heteroatoms. The summed E-state index contributed by atoms with van der Waals surface area (Å²) < 4.78 is 0. The number of nitrogens with one attached hydrogen (secondary N) is 2. The largest absolute Gasteiger partial charge is 0.354 e. The van der Waals surface area contributed by atoms with Crippen LogP contribution in [-0.4, -0.2) is 99.3 Å². The summed E-state index contributed by atoms with van der Waals surface area (Å²) in [6.07, 6.45) is 5.62. The van der Waals surface area contributed by atoms with E-state index in [4.69, 9.17) is 0 Å². The van der Waals surface area contributed by atoms with Crippen molar-refractivity contribution in [2.24, 2.45) is 0 Å². The van der Waals surface area contributed by atoms with E-state index in [0.717, 1.165) is 12.3 Å². The molecule has 3 saturated heterocycles. The lowest BCUT2D eigenvalue weighted by atomic mass is 10.0. The molecule has 1 aromatic heterocycles. The highest BCUT2D eigenvalue weighted by Crippen LogP contribution is 2.17. The van der Waals surface area contributed by atoms with Crippen LogP contribution in [0.2, 0.25) is 0 Å². The van der Waals surface area contributed by atoms with Gasteiger partial charge in [0.1, 0.15) is 23.7 Å². The Morgan fingerprint density at radius 3 is 2.84 bits per heavy atom. The van der Waals surface area contributed by atoms with E-state index in [0.29, 0.717) is 25.3 Å². The van der Waals surface area contributed by atoms with Crippen LogP contribution in [0.3, 0.4) is 0 Å². The summed E-state index contributed by atoms with van der Waals surface area (Å²) in [5.74, 6) is 0.415. The number of hydrogen-bond acceptors (Lipinski definition) is 7. The van der Waals surface area contributed by atoms with Crippen LogP contribution in [0, 0.1) is 0 Å². The van der Waals surface area contributed by atoms with Crippen LogP contribution in [0.15, 0.2) is 18.6 Å². The molecule has 0 spiro atoms. The standard InChI is InChI=1S/C19H25N7O4S/c27-16-12(2-1-3-22-16)24-17(28)15-9-25(18(29)13-8-20-4-5-21-13)6-7-26(15)19(30)14-10-31-11-23-14/h4-5,8,12,14-15,23H,1-3,6-7,9-11H2,(H,22,27)(H,24,28)/p+1/t12-,14-,15+/m0/s1. The fourth-order valence-corrected chi connectivity index (χ4v) is 5.07. The molecule has 4 N–H and O–H groups in total. The summed E-state index contributed by atoms with van der Waals surface area (Å²) in [5.41, 5.74) is 0.189. The van der Waals surface area contributed by atoms with Gasteiger partial charge in [0, 0.05) is 32.0 Å². The smallest absolute Gasteiger partial charge is 0.282 e. The lowest BCUT2D eigenvalue weighted by Crippen LogP contribution is -2.90. The number of amides is 4. The number of nitrogens with two attached hydrogens (primary N) is 1. The van der Waals surface area contributed by atoms with Crippen molar-refractivity contribution in [2.75, 3.05) is 37.8 Å². The van der Waals surface area contributed by atoms with Crippen molar-refractivity contribution in [1.82, 2.24) is 30.4 Å². The predicted molar refractivity (Wildman–Crippen MR) is 111 cm³/mol. The maximum absolute atomic E-state index is 13.2. The van der Waals surface area contributed by atoms with E-state index < -0.39 is 18.0 Å². The van der Waals surface area contributed by atoms with Crippen molar-refractivity contribution in [3.63, 3.8) is 0 Å². The molecule has 3 atom stereocenters. The Bertz CT molecular complexity index is 849. The number of hydrogen-bond donors (Lipinski definition) is 3. The zero-order valence-corrected chi connectivity index (χ0v) is 17.8. The number of piperidine rings is 1. The highest BCUT2D eigenvalue weighted by Gasteiger charge is 2.42. The maximum Gasteiger partial charge on any atom is 0.282 e. The molecular weight excluding hydrogens is 422 g/mol. The molecule has 3 aliphatic rings. The number of piperazine rings is 1. The molecule has 4 amide bonds. The summed E-state index contributed by atoms with van der Waals surface area (Å²) in [6, 6.07) is -1.73. The van der Waals surface area contributed by atoms with Gasteiger partial charge in [-0.15, -0.1) is 0 Å². The molecule has 3 fully saturated rings. The van der Waals surface area contributed by atoms with E-state index in [2.05, 4.69) is 20.6 Å². The van der Waals surface area contributed by atoms with Crippen LogP contribution in [0.25, 0.3) is 0 Å². The Morgan fingerprint density at radius 1 is 1.26 bits per heavy atom. The second-order valence-electron chi connectivity index (χ2n) is 7.76. The van der Waals surface area contributed by atoms with Gasteiger partial charge in [0.25, 0.3) is 11.8 Å². The molecule has 0 unspecified atom stereocenters. The lowest BCUT2D eigenvalue weighted by Gasteiger charge is -2.41. The van der Waals surface area contributed by atoms with Crippen molar-refractivity contribution >= 4 is 35.4 Å². The monoisotopic (exact) mass is 448 g/mol. The second-order valence-corrected chi connectivity index (χ2v) is 8.84. The average Bonchev–Trinajstić information content (AvgIpc) is 3.35. The number of nitrogens with zero attached hydrogens (tertiary/aromatic N) is 4. The molecule has 166 valence electrons. The maximum atomic E-state index is 13.2. The zero-order valence-electron chi connectivity index (χ0n) is 17.0. The quantitative estimate of drug-likeness (QED) is 0.451. The first-order valence-corrected chi connectivity index (χ1v) is 11.5. The van der Waals surface area contributed by atoms with Gasteiger partial charge in [-0.3, -0.25) is 24.2 Å². The topological polar surface area (TPSA) is 141 Å². The number of carbonyl (C=O) groups is 4. The fraction of sp³-hybridized carbons (Fsp3) is 0.579. The van der Waals surface area contributed by atoms with Crippen LogP contribution >= 0.6 is 11.8 Å². The number of quaternary nitrogens is 1. The normalized spacial score (nSPS) is 26.3. The minimum atomic E-state index is -0.865. The van der Waals surface area contributed by atoms with Crippen molar-refractivity contribution in [1.29, 1.82) is 0 Å². The summed E-state index contributed by atoms with van der Waals surface area (Å²) in [6.45, 7) is 1.18. The molecule has 4 rings (SSSR count). The van der Waals surface area contributed by atoms with Crippen LogP contribution in [0.5, 0.6) is 0 Å². The molecule has 0 saturated carbocycles. The minimum Gasteiger partial charge on any atom is -0.354 e. The van der Waals surface area contributed by atoms with Crippen LogP contribution < -0.4 is 16.0 Å². The van der Waals surface area contributed by atoms with Gasteiger partial charge in [0.15, 0.2) is 6.04 Å². The highest BCUT2D eigenvalue weighted by atomic mass is 32.2. The molecule has 0 aliphatic carbocycles. The first-order valence-electron chi connectivity index (χ1n) is 10.4. The molecule has 11 nitrogen and oxygen atoms in total. The molecule has 3 aliphatic heterocycles. The summed E-state index contributed by atoms with van der Waals surface area (Å²) in [5, 5.41) is 7.50. The first-order chi connectivity index (χ1) is 15.0. The van der Waals surface area contributed by atoms with E-state index >= 15 is 0 Å². The van der Waals surface area contributed by atoms with Gasteiger partial charge in [-0.2, -0.15) is 0 Å². The lowest BCUT2D eigenvalue weighted by molar-refractivity contribution is -0.649. The van der Waals surface area contributed by atoms with Crippen molar-refractivity contribution < 1.29 is 24.5 Å². The Labute approximate surface area is 183 Å². The van der Waals surface area contributed by atoms with Gasteiger partial charge in [0.05, 0.1) is 18.5 Å². The van der Waals surface area contributed by atoms with E-state index in [1.165, 1.54) is 23.5 Å². The van der Waals surface area contributed by atoms with E-state index in [1.54, 1.807) is 16.7 Å². The summed E-state index contributed by atoms with van der Waals surface area (Å²) in [7, 11) is 0. The SMILES string of the molecule is O=C1NCCC[C@@H]1NC(=O)[C@H]1CN(C(=O)c2cnccn2)CCN1C(=O)[C@@H]1CSC[NH2+]1. The Balaban J connectivity index is 1.51.